The Morgan fingerprint density at radius 3 is 1.81 bits per heavy atom. The van der Waals surface area contributed by atoms with Crippen LogP contribution in [0.4, 0.5) is 5.69 Å². The highest BCUT2D eigenvalue weighted by atomic mass is 32.2. The van der Waals surface area contributed by atoms with Crippen molar-refractivity contribution in [2.75, 3.05) is 24.0 Å². The van der Waals surface area contributed by atoms with Crippen molar-refractivity contribution >= 4 is 37.7 Å². The van der Waals surface area contributed by atoms with Crippen LogP contribution in [0.1, 0.15) is 13.3 Å². The largest absolute Gasteiger partial charge is 0.390 e. The Labute approximate surface area is 127 Å². The zero-order valence-corrected chi connectivity index (χ0v) is 14.0. The minimum Gasteiger partial charge on any atom is -0.390 e. The van der Waals surface area contributed by atoms with Gasteiger partial charge in [0.1, 0.15) is 0 Å². The number of hydrogen-bond acceptors (Lipinski definition) is 10. The molecule has 0 amide bonds. The Balaban J connectivity index is 3.31. The van der Waals surface area contributed by atoms with Crippen molar-refractivity contribution in [1.82, 2.24) is 9.97 Å². The fourth-order valence-corrected chi connectivity index (χ4v) is 2.59. The van der Waals surface area contributed by atoms with Gasteiger partial charge in [0.2, 0.25) is 0 Å². The van der Waals surface area contributed by atoms with Crippen molar-refractivity contribution in [3.05, 3.63) is 0 Å². The molecule has 1 heterocycles. The highest BCUT2D eigenvalue weighted by Gasteiger charge is 2.20. The monoisotopic (exact) mass is 357 g/mol. The van der Waals surface area contributed by atoms with Crippen molar-refractivity contribution < 1.29 is 25.2 Å². The fraction of sp³-hybridized carbons (Fsp3) is 0.556. The third kappa shape index (κ3) is 6.35. The summed E-state index contributed by atoms with van der Waals surface area (Å²) in [5, 5.41) is 0.100. The Bertz CT molecular complexity index is 661. The summed E-state index contributed by atoms with van der Waals surface area (Å²) in [6.07, 6.45) is 2.43. The van der Waals surface area contributed by atoms with E-state index in [0.29, 0.717) is 5.75 Å². The number of nitrogens with two attached hydrogens (primary N) is 1. The number of anilines is 1. The molecule has 12 heteroatoms. The first-order valence-electron chi connectivity index (χ1n) is 5.61. The minimum atomic E-state index is -3.88. The molecule has 0 atom stereocenters. The van der Waals surface area contributed by atoms with E-state index in [9.17, 15) is 16.8 Å². The van der Waals surface area contributed by atoms with Crippen LogP contribution in [-0.4, -0.2) is 45.1 Å². The Hall–Kier alpha value is -1.27. The Kier molecular flexibility index (Phi) is 5.64. The van der Waals surface area contributed by atoms with Crippen LogP contribution in [0.5, 0.6) is 11.8 Å². The molecular weight excluding hydrogens is 342 g/mol. The molecule has 0 spiro atoms. The van der Waals surface area contributed by atoms with Crippen LogP contribution in [0.25, 0.3) is 0 Å². The van der Waals surface area contributed by atoms with Gasteiger partial charge in [-0.05, 0) is 6.42 Å². The van der Waals surface area contributed by atoms with E-state index in [1.807, 2.05) is 6.92 Å². The summed E-state index contributed by atoms with van der Waals surface area (Å²) in [6, 6.07) is 0. The van der Waals surface area contributed by atoms with E-state index in [0.717, 1.165) is 18.9 Å². The van der Waals surface area contributed by atoms with Crippen LogP contribution >= 0.6 is 11.8 Å². The van der Waals surface area contributed by atoms with E-state index in [4.69, 9.17) is 5.73 Å². The van der Waals surface area contributed by atoms with E-state index in [1.165, 1.54) is 11.8 Å². The summed E-state index contributed by atoms with van der Waals surface area (Å²) in [6.45, 7) is 1.92. The first kappa shape index (κ1) is 17.8. The second-order valence-corrected chi connectivity index (χ2v) is 8.17. The molecule has 0 aromatic carbocycles. The highest BCUT2D eigenvalue weighted by molar-refractivity contribution is 7.99. The Morgan fingerprint density at radius 2 is 1.48 bits per heavy atom. The average molecular weight is 357 g/mol. The van der Waals surface area contributed by atoms with Gasteiger partial charge in [0.05, 0.1) is 12.5 Å². The van der Waals surface area contributed by atoms with Crippen LogP contribution in [-0.2, 0) is 20.2 Å². The lowest BCUT2D eigenvalue weighted by atomic mass is 10.5. The predicted octanol–water partition coefficient (Wildman–Crippen LogP) is 0.238. The number of aromatic nitrogens is 2. The lowest BCUT2D eigenvalue weighted by Crippen LogP contribution is -2.14. The average Bonchev–Trinajstić information content (AvgIpc) is 2.28. The van der Waals surface area contributed by atoms with Gasteiger partial charge in [0, 0.05) is 5.75 Å². The minimum absolute atomic E-state index is 0.100. The molecule has 0 saturated heterocycles. The topological polar surface area (TPSA) is 139 Å². The summed E-state index contributed by atoms with van der Waals surface area (Å²) >= 11 is 1.18. The van der Waals surface area contributed by atoms with Crippen molar-refractivity contribution in [3.63, 3.8) is 0 Å². The first-order chi connectivity index (χ1) is 9.52. The predicted molar refractivity (Wildman–Crippen MR) is 78.4 cm³/mol. The van der Waals surface area contributed by atoms with Crippen LogP contribution < -0.4 is 14.1 Å². The number of nitrogen functional groups attached to an aromatic ring is 1. The zero-order valence-electron chi connectivity index (χ0n) is 11.6. The molecule has 0 bridgehead atoms. The molecule has 0 radical (unpaired) electrons. The molecular formula is C9H15N3O6S3. The number of thioether (sulfide) groups is 1. The lowest BCUT2D eigenvalue weighted by Gasteiger charge is -2.10. The van der Waals surface area contributed by atoms with E-state index >= 15 is 0 Å². The van der Waals surface area contributed by atoms with Gasteiger partial charge in [-0.15, -0.1) is 0 Å². The van der Waals surface area contributed by atoms with Gasteiger partial charge in [-0.2, -0.15) is 26.8 Å². The smallest absolute Gasteiger partial charge is 0.307 e. The third-order valence-corrected chi connectivity index (χ3v) is 3.73. The molecule has 0 aliphatic carbocycles. The van der Waals surface area contributed by atoms with Gasteiger partial charge in [-0.3, -0.25) is 0 Å². The molecule has 0 unspecified atom stereocenters. The Morgan fingerprint density at radius 1 is 1.05 bits per heavy atom. The van der Waals surface area contributed by atoms with Gasteiger partial charge in [0.25, 0.3) is 11.8 Å². The van der Waals surface area contributed by atoms with Crippen LogP contribution in [0.2, 0.25) is 0 Å². The molecule has 1 rings (SSSR count). The van der Waals surface area contributed by atoms with Gasteiger partial charge in [0.15, 0.2) is 10.8 Å². The van der Waals surface area contributed by atoms with Crippen LogP contribution in [0, 0.1) is 0 Å². The molecule has 21 heavy (non-hydrogen) atoms. The maximum absolute atomic E-state index is 11.2. The fourth-order valence-electron chi connectivity index (χ4n) is 1.08. The molecule has 120 valence electrons. The maximum Gasteiger partial charge on any atom is 0.307 e. The van der Waals surface area contributed by atoms with E-state index in [-0.39, 0.29) is 5.16 Å². The normalized spacial score (nSPS) is 12.1. The summed E-state index contributed by atoms with van der Waals surface area (Å²) in [7, 11) is -7.76. The molecule has 0 aliphatic heterocycles. The van der Waals surface area contributed by atoms with Crippen molar-refractivity contribution in [3.8, 4) is 11.8 Å². The summed E-state index contributed by atoms with van der Waals surface area (Å²) < 4.78 is 53.9. The SMILES string of the molecule is CCCSc1nc(OS(C)(=O)=O)c(N)c(OS(C)(=O)=O)n1. The second-order valence-electron chi connectivity index (χ2n) is 3.95. The molecule has 0 aliphatic rings. The third-order valence-electron chi connectivity index (χ3n) is 1.75. The second kappa shape index (κ2) is 6.66. The van der Waals surface area contributed by atoms with Gasteiger partial charge in [-0.1, -0.05) is 18.7 Å². The van der Waals surface area contributed by atoms with Crippen molar-refractivity contribution in [2.24, 2.45) is 0 Å². The van der Waals surface area contributed by atoms with Gasteiger partial charge < -0.3 is 14.1 Å². The standard InChI is InChI=1S/C9H15N3O6S3/c1-4-5-19-9-11-7(17-20(2,13)14)6(10)8(12-9)18-21(3,15)16/h4-5,10H2,1-3H3. The molecule has 0 fully saturated rings. The van der Waals surface area contributed by atoms with E-state index in [2.05, 4.69) is 18.3 Å². The molecule has 1 aromatic rings. The molecule has 0 saturated carbocycles. The quantitative estimate of drug-likeness (QED) is 0.410. The highest BCUT2D eigenvalue weighted by Crippen LogP contribution is 2.32. The first-order valence-corrected chi connectivity index (χ1v) is 10.2. The zero-order chi connectivity index (χ0) is 16.3. The van der Waals surface area contributed by atoms with E-state index in [1.54, 1.807) is 0 Å². The van der Waals surface area contributed by atoms with Crippen LogP contribution in [0.15, 0.2) is 5.16 Å². The number of nitrogens with zero attached hydrogens (tertiary/aromatic N) is 2. The molecule has 2 N–H and O–H groups in total. The van der Waals surface area contributed by atoms with Crippen LogP contribution in [0.3, 0.4) is 0 Å². The summed E-state index contributed by atoms with van der Waals surface area (Å²) in [5.74, 6) is -0.296. The molecule has 1 aromatic heterocycles. The van der Waals surface area contributed by atoms with E-state index < -0.39 is 37.7 Å². The molecule has 9 nitrogen and oxygen atoms in total. The lowest BCUT2D eigenvalue weighted by molar-refractivity contribution is 0.463. The van der Waals surface area contributed by atoms with Crippen molar-refractivity contribution in [2.45, 2.75) is 18.5 Å². The maximum atomic E-state index is 11.2. The summed E-state index contributed by atoms with van der Waals surface area (Å²) in [5.41, 5.74) is 5.17. The van der Waals surface area contributed by atoms with Crippen molar-refractivity contribution in [1.29, 1.82) is 0 Å². The van der Waals surface area contributed by atoms with Gasteiger partial charge >= 0.3 is 20.2 Å². The van der Waals surface area contributed by atoms with Gasteiger partial charge in [-0.25, -0.2) is 0 Å². The number of hydrogen-bond donors (Lipinski definition) is 1. The summed E-state index contributed by atoms with van der Waals surface area (Å²) in [4.78, 5) is 7.67. The number of rotatable bonds is 7.